The first-order valence-corrected chi connectivity index (χ1v) is 6.54. The van der Waals surface area contributed by atoms with Crippen LogP contribution in [0.4, 0.5) is 10.1 Å². The molecule has 0 saturated carbocycles. The molecule has 0 fully saturated rings. The summed E-state index contributed by atoms with van der Waals surface area (Å²) in [6.45, 7) is 0. The number of methoxy groups -OCH3 is 1. The molecular weight excluding hydrogens is 293 g/mol. The van der Waals surface area contributed by atoms with Crippen molar-refractivity contribution in [1.29, 1.82) is 0 Å². The van der Waals surface area contributed by atoms with Crippen molar-refractivity contribution in [3.05, 3.63) is 64.9 Å². The number of nitrogens with one attached hydrogen (secondary N) is 1. The Morgan fingerprint density at radius 3 is 2.62 bits per heavy atom. The zero-order chi connectivity index (χ0) is 15.2. The molecule has 0 heterocycles. The lowest BCUT2D eigenvalue weighted by molar-refractivity contribution is -0.111. The fraction of sp³-hybridized carbons (Fsp3) is 0.0625. The van der Waals surface area contributed by atoms with Crippen molar-refractivity contribution in [1.82, 2.24) is 0 Å². The van der Waals surface area contributed by atoms with Crippen LogP contribution in [0.1, 0.15) is 5.56 Å². The summed E-state index contributed by atoms with van der Waals surface area (Å²) in [5.41, 5.74) is 0.879. The number of anilines is 1. The van der Waals surface area contributed by atoms with Gasteiger partial charge in [-0.25, -0.2) is 4.39 Å². The van der Waals surface area contributed by atoms with Crippen LogP contribution in [0, 0.1) is 5.82 Å². The third kappa shape index (κ3) is 4.33. The molecule has 0 atom stereocenters. The van der Waals surface area contributed by atoms with Gasteiger partial charge in [0, 0.05) is 11.1 Å². The summed E-state index contributed by atoms with van der Waals surface area (Å²) < 4.78 is 18.5. The predicted molar refractivity (Wildman–Crippen MR) is 82.1 cm³/mol. The number of hydrogen-bond donors (Lipinski definition) is 1. The van der Waals surface area contributed by atoms with E-state index in [2.05, 4.69) is 5.32 Å². The van der Waals surface area contributed by atoms with E-state index in [0.29, 0.717) is 5.02 Å². The molecule has 0 radical (unpaired) electrons. The molecule has 5 heteroatoms. The van der Waals surface area contributed by atoms with Crippen LogP contribution < -0.4 is 10.1 Å². The number of halogens is 2. The van der Waals surface area contributed by atoms with Gasteiger partial charge < -0.3 is 10.1 Å². The Bertz CT molecular complexity index is 668. The van der Waals surface area contributed by atoms with Crippen molar-refractivity contribution in [2.75, 3.05) is 12.4 Å². The lowest BCUT2D eigenvalue weighted by Crippen LogP contribution is -2.09. The maximum atomic E-state index is 13.5. The second-order valence-electron chi connectivity index (χ2n) is 4.22. The van der Waals surface area contributed by atoms with Crippen LogP contribution in [-0.4, -0.2) is 13.0 Å². The van der Waals surface area contributed by atoms with E-state index in [1.807, 2.05) is 12.1 Å². The molecule has 1 N–H and O–H groups in total. The van der Waals surface area contributed by atoms with Gasteiger partial charge in [0.15, 0.2) is 0 Å². The average Bonchev–Trinajstić information content (AvgIpc) is 2.49. The van der Waals surface area contributed by atoms with Gasteiger partial charge in [-0.05, 0) is 42.0 Å². The van der Waals surface area contributed by atoms with Crippen LogP contribution in [-0.2, 0) is 4.79 Å². The highest BCUT2D eigenvalue weighted by Gasteiger charge is 2.05. The molecule has 2 rings (SSSR count). The normalized spacial score (nSPS) is 10.6. The first-order chi connectivity index (χ1) is 10.1. The molecule has 2 aromatic rings. The van der Waals surface area contributed by atoms with Gasteiger partial charge in [-0.1, -0.05) is 23.7 Å². The van der Waals surface area contributed by atoms with Crippen LogP contribution in [0.2, 0.25) is 5.02 Å². The molecule has 21 heavy (non-hydrogen) atoms. The van der Waals surface area contributed by atoms with Gasteiger partial charge in [0.25, 0.3) is 0 Å². The highest BCUT2D eigenvalue weighted by Crippen LogP contribution is 2.19. The van der Waals surface area contributed by atoms with E-state index >= 15 is 0 Å². The maximum Gasteiger partial charge on any atom is 0.248 e. The highest BCUT2D eigenvalue weighted by atomic mass is 35.5. The van der Waals surface area contributed by atoms with Crippen LogP contribution in [0.15, 0.2) is 48.5 Å². The zero-order valence-corrected chi connectivity index (χ0v) is 12.0. The molecule has 108 valence electrons. The fourth-order valence-electron chi connectivity index (χ4n) is 1.65. The Morgan fingerprint density at radius 2 is 1.95 bits per heavy atom. The maximum absolute atomic E-state index is 13.5. The Hall–Kier alpha value is -2.33. The molecule has 0 aliphatic heterocycles. The van der Waals surface area contributed by atoms with E-state index in [9.17, 15) is 9.18 Å². The molecule has 0 aromatic heterocycles. The monoisotopic (exact) mass is 305 g/mol. The molecular formula is C16H13ClFNO2. The van der Waals surface area contributed by atoms with Crippen molar-refractivity contribution in [2.24, 2.45) is 0 Å². The number of benzene rings is 2. The van der Waals surface area contributed by atoms with Crippen LogP contribution in [0.25, 0.3) is 6.08 Å². The quantitative estimate of drug-likeness (QED) is 0.862. The molecule has 1 amide bonds. The van der Waals surface area contributed by atoms with Crippen molar-refractivity contribution < 1.29 is 13.9 Å². The minimum Gasteiger partial charge on any atom is -0.497 e. The fourth-order valence-corrected chi connectivity index (χ4v) is 1.83. The van der Waals surface area contributed by atoms with Gasteiger partial charge in [0.2, 0.25) is 5.91 Å². The zero-order valence-electron chi connectivity index (χ0n) is 11.3. The van der Waals surface area contributed by atoms with Gasteiger partial charge in [-0.2, -0.15) is 0 Å². The molecule has 3 nitrogen and oxygen atoms in total. The summed E-state index contributed by atoms with van der Waals surface area (Å²) in [6.07, 6.45) is 2.94. The Labute approximate surface area is 127 Å². The molecule has 0 spiro atoms. The molecule has 2 aromatic carbocycles. The number of carbonyl (C=O) groups is 1. The topological polar surface area (TPSA) is 38.3 Å². The second-order valence-corrected chi connectivity index (χ2v) is 4.66. The van der Waals surface area contributed by atoms with Gasteiger partial charge in [0.1, 0.15) is 11.6 Å². The highest BCUT2D eigenvalue weighted by molar-refractivity contribution is 6.30. The Balaban J connectivity index is 2.03. The molecule has 0 saturated heterocycles. The molecule has 0 aliphatic carbocycles. The smallest absolute Gasteiger partial charge is 0.248 e. The van der Waals surface area contributed by atoms with Gasteiger partial charge in [-0.15, -0.1) is 0 Å². The lowest BCUT2D eigenvalue weighted by Gasteiger charge is -2.04. The SMILES string of the molecule is COc1ccc(/C=C/C(=O)Nc2cc(Cl)ccc2F)cc1. The summed E-state index contributed by atoms with van der Waals surface area (Å²) in [7, 11) is 1.58. The molecule has 0 bridgehead atoms. The number of carbonyl (C=O) groups excluding carboxylic acids is 1. The Morgan fingerprint density at radius 1 is 1.24 bits per heavy atom. The number of ether oxygens (including phenoxy) is 1. The van der Waals surface area contributed by atoms with Crippen molar-refractivity contribution in [2.45, 2.75) is 0 Å². The Kier molecular flexibility index (Phi) is 4.95. The van der Waals surface area contributed by atoms with Gasteiger partial charge in [-0.3, -0.25) is 4.79 Å². The third-order valence-electron chi connectivity index (χ3n) is 2.73. The van der Waals surface area contributed by atoms with Crippen LogP contribution in [0.5, 0.6) is 5.75 Å². The van der Waals surface area contributed by atoms with Crippen molar-refractivity contribution in [3.63, 3.8) is 0 Å². The first-order valence-electron chi connectivity index (χ1n) is 6.16. The summed E-state index contributed by atoms with van der Waals surface area (Å²) in [5, 5.41) is 2.79. The second kappa shape index (κ2) is 6.90. The third-order valence-corrected chi connectivity index (χ3v) is 2.96. The summed E-state index contributed by atoms with van der Waals surface area (Å²) in [5.74, 6) is -0.241. The van der Waals surface area contributed by atoms with Gasteiger partial charge >= 0.3 is 0 Å². The largest absolute Gasteiger partial charge is 0.497 e. The molecule has 0 aliphatic rings. The molecule has 0 unspecified atom stereocenters. The minimum absolute atomic E-state index is 0.0480. The van der Waals surface area contributed by atoms with E-state index in [1.165, 1.54) is 24.3 Å². The lowest BCUT2D eigenvalue weighted by atomic mass is 10.2. The summed E-state index contributed by atoms with van der Waals surface area (Å²) in [4.78, 5) is 11.7. The summed E-state index contributed by atoms with van der Waals surface area (Å²) in [6, 6.07) is 11.2. The van der Waals surface area contributed by atoms with Crippen molar-refractivity contribution in [3.8, 4) is 5.75 Å². The average molecular weight is 306 g/mol. The van der Waals surface area contributed by atoms with E-state index in [1.54, 1.807) is 25.3 Å². The van der Waals surface area contributed by atoms with E-state index in [4.69, 9.17) is 16.3 Å². The summed E-state index contributed by atoms with van der Waals surface area (Å²) >= 11 is 5.75. The predicted octanol–water partition coefficient (Wildman–Crippen LogP) is 4.14. The van der Waals surface area contributed by atoms with Crippen molar-refractivity contribution >= 4 is 29.3 Å². The van der Waals surface area contributed by atoms with Crippen LogP contribution >= 0.6 is 11.6 Å². The van der Waals surface area contributed by atoms with E-state index in [0.717, 1.165) is 11.3 Å². The standard InChI is InChI=1S/C16H13ClFNO2/c1-21-13-6-2-11(3-7-13)4-9-16(20)19-15-10-12(17)5-8-14(15)18/h2-10H,1H3,(H,19,20)/b9-4+. The van der Waals surface area contributed by atoms with E-state index in [-0.39, 0.29) is 5.69 Å². The minimum atomic E-state index is -0.536. The van der Waals surface area contributed by atoms with Gasteiger partial charge in [0.05, 0.1) is 12.8 Å². The van der Waals surface area contributed by atoms with Crippen LogP contribution in [0.3, 0.4) is 0 Å². The number of amides is 1. The number of rotatable bonds is 4. The number of hydrogen-bond acceptors (Lipinski definition) is 2. The first kappa shape index (κ1) is 15.1. The van der Waals surface area contributed by atoms with E-state index < -0.39 is 11.7 Å².